The van der Waals surface area contributed by atoms with E-state index in [0.717, 1.165) is 11.3 Å². The van der Waals surface area contributed by atoms with E-state index in [1.807, 2.05) is 13.8 Å². The van der Waals surface area contributed by atoms with Crippen molar-refractivity contribution in [3.63, 3.8) is 0 Å². The molecule has 22 heavy (non-hydrogen) atoms. The second kappa shape index (κ2) is 6.15. The summed E-state index contributed by atoms with van der Waals surface area (Å²) in [6.45, 7) is 5.43. The Morgan fingerprint density at radius 3 is 2.55 bits per heavy atom. The Kier molecular flexibility index (Phi) is 4.63. The van der Waals surface area contributed by atoms with Crippen molar-refractivity contribution >= 4 is 27.3 Å². The highest BCUT2D eigenvalue weighted by Crippen LogP contribution is 2.22. The molecule has 0 aliphatic heterocycles. The minimum atomic E-state index is -3.79. The fourth-order valence-corrected chi connectivity index (χ4v) is 3.65. The molecular weight excluding hydrogens is 328 g/mol. The first-order chi connectivity index (χ1) is 10.2. The maximum Gasteiger partial charge on any atom is 0.347 e. The van der Waals surface area contributed by atoms with Crippen molar-refractivity contribution in [1.29, 1.82) is 0 Å². The molecule has 0 amide bonds. The summed E-state index contributed by atoms with van der Waals surface area (Å²) in [7, 11) is -3.79. The van der Waals surface area contributed by atoms with Gasteiger partial charge in [0.1, 0.15) is 9.88 Å². The highest BCUT2D eigenvalue weighted by atomic mass is 32.2. The molecule has 8 nitrogen and oxygen atoms in total. The van der Waals surface area contributed by atoms with Crippen molar-refractivity contribution < 1.29 is 18.3 Å². The Morgan fingerprint density at radius 1 is 1.36 bits per heavy atom. The van der Waals surface area contributed by atoms with Crippen LogP contribution in [0.2, 0.25) is 0 Å². The molecule has 2 N–H and O–H groups in total. The molecule has 0 aliphatic carbocycles. The van der Waals surface area contributed by atoms with Crippen LogP contribution in [0.15, 0.2) is 23.7 Å². The van der Waals surface area contributed by atoms with Gasteiger partial charge < -0.3 is 9.67 Å². The Balaban J connectivity index is 2.17. The van der Waals surface area contributed by atoms with E-state index < -0.39 is 22.0 Å². The van der Waals surface area contributed by atoms with Gasteiger partial charge in [0.25, 0.3) is 10.0 Å². The van der Waals surface area contributed by atoms with Crippen LogP contribution >= 0.6 is 11.3 Å². The average molecular weight is 344 g/mol. The van der Waals surface area contributed by atoms with E-state index in [-0.39, 0.29) is 15.9 Å². The number of rotatable bonds is 6. The van der Waals surface area contributed by atoms with E-state index in [0.29, 0.717) is 5.01 Å². The Labute approximate surface area is 131 Å². The lowest BCUT2D eigenvalue weighted by Crippen LogP contribution is -2.27. The summed E-state index contributed by atoms with van der Waals surface area (Å²) in [6.07, 6.45) is 4.11. The van der Waals surface area contributed by atoms with Crippen molar-refractivity contribution in [3.05, 3.63) is 28.6 Å². The lowest BCUT2D eigenvalue weighted by Gasteiger charge is -2.10. The normalized spacial score (nSPS) is 13.5. The molecule has 0 bridgehead atoms. The number of hydrogen-bond acceptors (Lipinski definition) is 6. The summed E-state index contributed by atoms with van der Waals surface area (Å²) in [4.78, 5) is 18.7. The van der Waals surface area contributed by atoms with Gasteiger partial charge in [0, 0.05) is 12.2 Å². The zero-order valence-electron chi connectivity index (χ0n) is 12.2. The van der Waals surface area contributed by atoms with Gasteiger partial charge in [-0.15, -0.1) is 11.3 Å². The van der Waals surface area contributed by atoms with Crippen LogP contribution in [0.3, 0.4) is 0 Å². The van der Waals surface area contributed by atoms with Gasteiger partial charge in [0.05, 0.1) is 18.6 Å². The van der Waals surface area contributed by atoms with Gasteiger partial charge in [0.15, 0.2) is 5.03 Å². The minimum absolute atomic E-state index is 0.0603. The number of thiazole rings is 1. The molecule has 2 aromatic rings. The SMILES string of the molecule is CC(NS(=O)(=O)c1cn(C(C)C)cn1)c1ncc(C(=O)O)s1. The number of carboxylic acids is 1. The Bertz CT molecular complexity index is 779. The first-order valence-corrected chi connectivity index (χ1v) is 8.75. The number of hydrogen-bond donors (Lipinski definition) is 2. The summed E-state index contributed by atoms with van der Waals surface area (Å²) in [5.41, 5.74) is 0. The number of aromatic carboxylic acids is 1. The number of carboxylic acid groups (broad SMARTS) is 1. The van der Waals surface area contributed by atoms with Crippen molar-refractivity contribution in [3.8, 4) is 0 Å². The second-order valence-corrected chi connectivity index (χ2v) is 7.69. The Hall–Kier alpha value is -1.78. The molecule has 2 aromatic heterocycles. The Morgan fingerprint density at radius 2 is 2.05 bits per heavy atom. The summed E-state index contributed by atoms with van der Waals surface area (Å²) in [5, 5.41) is 9.16. The van der Waals surface area contributed by atoms with Crippen LogP contribution < -0.4 is 4.72 Å². The molecule has 10 heteroatoms. The number of carbonyl (C=O) groups is 1. The minimum Gasteiger partial charge on any atom is -0.477 e. The molecule has 2 heterocycles. The third-order valence-corrected chi connectivity index (χ3v) is 5.48. The molecule has 120 valence electrons. The third-order valence-electron chi connectivity index (χ3n) is 2.89. The monoisotopic (exact) mass is 344 g/mol. The number of sulfonamides is 1. The topological polar surface area (TPSA) is 114 Å². The van der Waals surface area contributed by atoms with Gasteiger partial charge in [-0.2, -0.15) is 0 Å². The van der Waals surface area contributed by atoms with Gasteiger partial charge in [-0.3, -0.25) is 0 Å². The lowest BCUT2D eigenvalue weighted by molar-refractivity contribution is 0.0702. The first-order valence-electron chi connectivity index (χ1n) is 6.45. The molecule has 2 rings (SSSR count). The molecular formula is C12H16N4O4S2. The molecule has 0 radical (unpaired) electrons. The molecule has 0 saturated carbocycles. The van der Waals surface area contributed by atoms with E-state index in [1.54, 1.807) is 11.5 Å². The molecule has 1 atom stereocenters. The molecule has 0 spiro atoms. The highest BCUT2D eigenvalue weighted by Gasteiger charge is 2.23. The van der Waals surface area contributed by atoms with Crippen molar-refractivity contribution in [2.45, 2.75) is 37.9 Å². The van der Waals surface area contributed by atoms with Gasteiger partial charge in [-0.05, 0) is 20.8 Å². The second-order valence-electron chi connectivity index (χ2n) is 4.96. The van der Waals surface area contributed by atoms with Gasteiger partial charge >= 0.3 is 5.97 Å². The maximum atomic E-state index is 12.3. The average Bonchev–Trinajstić information content (AvgIpc) is 3.08. The predicted octanol–water partition coefficient (Wildman–Crippen LogP) is 1.66. The summed E-state index contributed by atoms with van der Waals surface area (Å²) < 4.78 is 28.7. The zero-order chi connectivity index (χ0) is 16.5. The fraction of sp³-hybridized carbons (Fsp3) is 0.417. The highest BCUT2D eigenvalue weighted by molar-refractivity contribution is 7.89. The first kappa shape index (κ1) is 16.6. The molecule has 0 aliphatic rings. The van der Waals surface area contributed by atoms with Crippen LogP contribution in [0.25, 0.3) is 0 Å². The summed E-state index contributed by atoms with van der Waals surface area (Å²) in [6, 6.07) is -0.543. The van der Waals surface area contributed by atoms with Gasteiger partial charge in [0.2, 0.25) is 0 Å². The number of nitrogens with zero attached hydrogens (tertiary/aromatic N) is 3. The van der Waals surface area contributed by atoms with Crippen LogP contribution in [0.1, 0.15) is 47.5 Å². The van der Waals surface area contributed by atoms with E-state index in [1.165, 1.54) is 18.7 Å². The van der Waals surface area contributed by atoms with E-state index >= 15 is 0 Å². The van der Waals surface area contributed by atoms with Crippen LogP contribution in [0.4, 0.5) is 0 Å². The number of nitrogens with one attached hydrogen (secondary N) is 1. The zero-order valence-corrected chi connectivity index (χ0v) is 13.8. The van der Waals surface area contributed by atoms with Crippen LogP contribution in [-0.2, 0) is 10.0 Å². The largest absolute Gasteiger partial charge is 0.477 e. The van der Waals surface area contributed by atoms with Gasteiger partial charge in [-0.25, -0.2) is 27.9 Å². The molecule has 1 unspecified atom stereocenters. The summed E-state index contributed by atoms with van der Waals surface area (Å²) >= 11 is 0.932. The van der Waals surface area contributed by atoms with Crippen molar-refractivity contribution in [1.82, 2.24) is 19.3 Å². The standard InChI is InChI=1S/C12H16N4O4S2/c1-7(2)16-5-10(14-6-16)22(19,20)15-8(3)11-13-4-9(21-11)12(17)18/h4-8,15H,1-3H3,(H,17,18). The molecule has 0 fully saturated rings. The third kappa shape index (κ3) is 3.51. The van der Waals surface area contributed by atoms with Crippen LogP contribution in [-0.4, -0.2) is 34.0 Å². The molecule has 0 aromatic carbocycles. The van der Waals surface area contributed by atoms with Gasteiger partial charge in [-0.1, -0.05) is 0 Å². The maximum absolute atomic E-state index is 12.3. The van der Waals surface area contributed by atoms with Crippen LogP contribution in [0.5, 0.6) is 0 Å². The quantitative estimate of drug-likeness (QED) is 0.823. The van der Waals surface area contributed by atoms with E-state index in [2.05, 4.69) is 14.7 Å². The lowest BCUT2D eigenvalue weighted by atomic mass is 10.4. The van der Waals surface area contributed by atoms with E-state index in [4.69, 9.17) is 5.11 Å². The molecule has 0 saturated heterocycles. The predicted molar refractivity (Wildman–Crippen MR) is 80.4 cm³/mol. The van der Waals surface area contributed by atoms with E-state index in [9.17, 15) is 13.2 Å². The van der Waals surface area contributed by atoms with Crippen molar-refractivity contribution in [2.24, 2.45) is 0 Å². The summed E-state index contributed by atoms with van der Waals surface area (Å²) in [5.74, 6) is -1.09. The fourth-order valence-electron chi connectivity index (χ4n) is 1.67. The van der Waals surface area contributed by atoms with Crippen molar-refractivity contribution in [2.75, 3.05) is 0 Å². The smallest absolute Gasteiger partial charge is 0.347 e. The van der Waals surface area contributed by atoms with Crippen LogP contribution in [0, 0.1) is 0 Å². The number of imidazole rings is 1. The number of aromatic nitrogens is 3.